The average Bonchev–Trinajstić information content (AvgIpc) is 2.33. The van der Waals surface area contributed by atoms with Gasteiger partial charge in [-0.1, -0.05) is 0 Å². The number of pyridine rings is 1. The lowest BCUT2D eigenvalue weighted by molar-refractivity contribution is 0.0512. The lowest BCUT2D eigenvalue weighted by atomic mass is 10.2. The fraction of sp³-hybridized carbons (Fsp3) is 0.250. The first kappa shape index (κ1) is 11.5. The fourth-order valence-electron chi connectivity index (χ4n) is 1.64. The number of aromatic nitrogens is 1. The molecule has 90 valence electrons. The maximum absolute atomic E-state index is 11.5. The summed E-state index contributed by atoms with van der Waals surface area (Å²) in [4.78, 5) is 11.5. The van der Waals surface area contributed by atoms with Gasteiger partial charge in [-0.05, 0) is 18.2 Å². The summed E-state index contributed by atoms with van der Waals surface area (Å²) in [5, 5.41) is 10.3. The molecule has 1 aromatic carbocycles. The van der Waals surface area contributed by atoms with Crippen LogP contribution >= 0.6 is 0 Å². The Morgan fingerprint density at radius 3 is 2.82 bits per heavy atom. The SMILES string of the molecule is COCOc1ccc2c(c1)c(O)cc(=O)n2C. The molecule has 1 heterocycles. The number of nitrogens with zero attached hydrogens (tertiary/aromatic N) is 1. The largest absolute Gasteiger partial charge is 0.507 e. The van der Waals surface area contributed by atoms with Gasteiger partial charge < -0.3 is 19.1 Å². The summed E-state index contributed by atoms with van der Waals surface area (Å²) >= 11 is 0. The first-order valence-electron chi connectivity index (χ1n) is 5.08. The highest BCUT2D eigenvalue weighted by Gasteiger charge is 2.06. The lowest BCUT2D eigenvalue weighted by Gasteiger charge is -2.09. The second-order valence-electron chi connectivity index (χ2n) is 3.66. The normalized spacial score (nSPS) is 10.7. The van der Waals surface area contributed by atoms with Crippen LogP contribution in [0.4, 0.5) is 0 Å². The van der Waals surface area contributed by atoms with Crippen LogP contribution < -0.4 is 10.3 Å². The molecule has 0 saturated heterocycles. The number of fused-ring (bicyclic) bond motifs is 1. The molecule has 0 bridgehead atoms. The van der Waals surface area contributed by atoms with Crippen molar-refractivity contribution in [2.24, 2.45) is 7.05 Å². The minimum Gasteiger partial charge on any atom is -0.507 e. The number of rotatable bonds is 3. The van der Waals surface area contributed by atoms with Gasteiger partial charge in [-0.3, -0.25) is 4.79 Å². The van der Waals surface area contributed by atoms with Crippen molar-refractivity contribution in [2.75, 3.05) is 13.9 Å². The van der Waals surface area contributed by atoms with E-state index in [0.717, 1.165) is 0 Å². The summed E-state index contributed by atoms with van der Waals surface area (Å²) in [6.07, 6.45) is 0. The van der Waals surface area contributed by atoms with Crippen molar-refractivity contribution in [1.29, 1.82) is 0 Å². The molecule has 0 amide bonds. The van der Waals surface area contributed by atoms with Crippen LogP contribution in [0, 0.1) is 0 Å². The molecule has 17 heavy (non-hydrogen) atoms. The van der Waals surface area contributed by atoms with Crippen molar-refractivity contribution in [1.82, 2.24) is 4.57 Å². The predicted molar refractivity (Wildman–Crippen MR) is 63.4 cm³/mol. The Kier molecular flexibility index (Phi) is 3.01. The second-order valence-corrected chi connectivity index (χ2v) is 3.66. The van der Waals surface area contributed by atoms with Gasteiger partial charge in [0.1, 0.15) is 11.5 Å². The quantitative estimate of drug-likeness (QED) is 0.813. The number of hydrogen-bond acceptors (Lipinski definition) is 4. The molecule has 0 aliphatic rings. The van der Waals surface area contributed by atoms with Gasteiger partial charge in [-0.15, -0.1) is 0 Å². The summed E-state index contributed by atoms with van der Waals surface area (Å²) in [7, 11) is 3.18. The van der Waals surface area contributed by atoms with E-state index in [9.17, 15) is 9.90 Å². The maximum Gasteiger partial charge on any atom is 0.254 e. The van der Waals surface area contributed by atoms with Gasteiger partial charge in [0.05, 0.1) is 5.52 Å². The molecule has 0 aliphatic carbocycles. The Morgan fingerprint density at radius 2 is 2.12 bits per heavy atom. The zero-order valence-corrected chi connectivity index (χ0v) is 9.64. The first-order valence-corrected chi connectivity index (χ1v) is 5.08. The van der Waals surface area contributed by atoms with E-state index in [-0.39, 0.29) is 18.1 Å². The number of methoxy groups -OCH3 is 1. The molecule has 1 N–H and O–H groups in total. The van der Waals surface area contributed by atoms with Gasteiger partial charge in [0.2, 0.25) is 0 Å². The van der Waals surface area contributed by atoms with Crippen LogP contribution in [0.25, 0.3) is 10.9 Å². The summed E-state index contributed by atoms with van der Waals surface area (Å²) < 4.78 is 11.5. The molecular weight excluding hydrogens is 222 g/mol. The van der Waals surface area contributed by atoms with Crippen LogP contribution in [0.5, 0.6) is 11.5 Å². The van der Waals surface area contributed by atoms with Crippen molar-refractivity contribution in [2.45, 2.75) is 0 Å². The molecule has 0 fully saturated rings. The number of hydrogen-bond donors (Lipinski definition) is 1. The molecule has 1 aromatic heterocycles. The van der Waals surface area contributed by atoms with E-state index >= 15 is 0 Å². The van der Waals surface area contributed by atoms with Gasteiger partial charge in [-0.25, -0.2) is 0 Å². The van der Waals surface area contributed by atoms with Crippen LogP contribution in [-0.2, 0) is 11.8 Å². The van der Waals surface area contributed by atoms with Crippen LogP contribution in [0.1, 0.15) is 0 Å². The molecule has 5 heteroatoms. The van der Waals surface area contributed by atoms with Crippen molar-refractivity contribution in [3.8, 4) is 11.5 Å². The number of ether oxygens (including phenoxy) is 2. The molecule has 2 aromatic rings. The zero-order valence-electron chi connectivity index (χ0n) is 9.64. The standard InChI is InChI=1S/C12H13NO4/c1-13-10-4-3-8(17-7-16-2)5-9(10)11(14)6-12(13)15/h3-6,14H,7H2,1-2H3. The van der Waals surface area contributed by atoms with E-state index in [1.807, 2.05) is 0 Å². The summed E-state index contributed by atoms with van der Waals surface area (Å²) in [6, 6.07) is 6.30. The Hall–Kier alpha value is -2.01. The molecule has 0 spiro atoms. The van der Waals surface area contributed by atoms with E-state index in [1.165, 1.54) is 17.7 Å². The minimum absolute atomic E-state index is 0.0500. The van der Waals surface area contributed by atoms with Crippen LogP contribution in [0.2, 0.25) is 0 Å². The average molecular weight is 235 g/mol. The van der Waals surface area contributed by atoms with Gasteiger partial charge in [0, 0.05) is 25.6 Å². The van der Waals surface area contributed by atoms with Crippen LogP contribution in [0.3, 0.4) is 0 Å². The van der Waals surface area contributed by atoms with E-state index in [1.54, 1.807) is 25.2 Å². The van der Waals surface area contributed by atoms with Crippen molar-refractivity contribution >= 4 is 10.9 Å². The predicted octanol–water partition coefficient (Wildman–Crippen LogP) is 1.23. The highest BCUT2D eigenvalue weighted by molar-refractivity contribution is 5.86. The minimum atomic E-state index is -0.249. The third-order valence-corrected chi connectivity index (χ3v) is 2.54. The van der Waals surface area contributed by atoms with Crippen LogP contribution in [-0.4, -0.2) is 23.6 Å². The van der Waals surface area contributed by atoms with Gasteiger partial charge in [-0.2, -0.15) is 0 Å². The molecule has 5 nitrogen and oxygen atoms in total. The monoisotopic (exact) mass is 235 g/mol. The summed E-state index contributed by atoms with van der Waals surface area (Å²) in [5.74, 6) is 0.527. The van der Waals surface area contributed by atoms with Gasteiger partial charge in [0.25, 0.3) is 5.56 Å². The molecule has 0 atom stereocenters. The lowest BCUT2D eigenvalue weighted by Crippen LogP contribution is -2.15. The third kappa shape index (κ3) is 2.09. The van der Waals surface area contributed by atoms with Crippen molar-refractivity contribution < 1.29 is 14.6 Å². The topological polar surface area (TPSA) is 60.7 Å². The van der Waals surface area contributed by atoms with Gasteiger partial charge >= 0.3 is 0 Å². The highest BCUT2D eigenvalue weighted by atomic mass is 16.7. The molecule has 2 rings (SSSR count). The van der Waals surface area contributed by atoms with E-state index in [0.29, 0.717) is 16.7 Å². The zero-order chi connectivity index (χ0) is 12.4. The Bertz CT molecular complexity index is 603. The maximum atomic E-state index is 11.5. The molecular formula is C12H13NO4. The number of benzene rings is 1. The first-order chi connectivity index (χ1) is 8.13. The highest BCUT2D eigenvalue weighted by Crippen LogP contribution is 2.26. The fourth-order valence-corrected chi connectivity index (χ4v) is 1.64. The van der Waals surface area contributed by atoms with Gasteiger partial charge in [0.15, 0.2) is 6.79 Å². The number of aromatic hydroxyl groups is 1. The summed E-state index contributed by atoms with van der Waals surface area (Å²) in [6.45, 7) is 0.137. The molecule has 0 unspecified atom stereocenters. The molecule has 0 saturated carbocycles. The van der Waals surface area contributed by atoms with Crippen LogP contribution in [0.15, 0.2) is 29.1 Å². The number of aryl methyl sites for hydroxylation is 1. The van der Waals surface area contributed by atoms with E-state index in [2.05, 4.69) is 0 Å². The van der Waals surface area contributed by atoms with Crippen molar-refractivity contribution in [3.63, 3.8) is 0 Å². The Balaban J connectivity index is 2.58. The third-order valence-electron chi connectivity index (χ3n) is 2.54. The van der Waals surface area contributed by atoms with E-state index < -0.39 is 0 Å². The molecule has 0 radical (unpaired) electrons. The molecule has 0 aliphatic heterocycles. The Labute approximate surface area is 97.8 Å². The smallest absolute Gasteiger partial charge is 0.254 e. The summed E-state index contributed by atoms with van der Waals surface area (Å²) in [5.41, 5.74) is 0.403. The van der Waals surface area contributed by atoms with E-state index in [4.69, 9.17) is 9.47 Å². The second kappa shape index (κ2) is 4.47. The van der Waals surface area contributed by atoms with Crippen molar-refractivity contribution in [3.05, 3.63) is 34.6 Å². The Morgan fingerprint density at radius 1 is 1.35 bits per heavy atom.